The molecule has 1 aliphatic heterocycles. The molecule has 0 spiro atoms. The molecule has 7 nitrogen and oxygen atoms in total. The molecule has 1 atom stereocenters. The molecule has 0 bridgehead atoms. The Bertz CT molecular complexity index is 972. The summed E-state index contributed by atoms with van der Waals surface area (Å²) in [5, 5.41) is 5.65. The van der Waals surface area contributed by atoms with Crippen molar-refractivity contribution in [2.75, 3.05) is 20.2 Å². The van der Waals surface area contributed by atoms with Crippen LogP contribution in [0.2, 0.25) is 0 Å². The van der Waals surface area contributed by atoms with Crippen LogP contribution in [0.15, 0.2) is 30.5 Å². The number of amides is 2. The number of nitrogens with one attached hydrogen (secondary N) is 2. The van der Waals surface area contributed by atoms with E-state index in [9.17, 15) is 9.59 Å². The number of hydrogen-bond acceptors (Lipinski definition) is 5. The van der Waals surface area contributed by atoms with Gasteiger partial charge in [0.1, 0.15) is 5.82 Å². The van der Waals surface area contributed by atoms with Crippen molar-refractivity contribution in [3.05, 3.63) is 58.7 Å². The molecule has 1 fully saturated rings. The standard InChI is InChI=1S/C25H34N4O3/c1-17-6-8-19(9-7-17)25(11-13-32-24(3,4)16-25)14-22(30)27-12-10-21-20(23(31)26-5)15-28-18(2)29-21/h6-9,15H,10-14,16H2,1-5H3,(H,26,31)(H,27,30)/t25-/m1/s1. The van der Waals surface area contributed by atoms with Crippen molar-refractivity contribution < 1.29 is 14.3 Å². The Morgan fingerprint density at radius 1 is 1.16 bits per heavy atom. The van der Waals surface area contributed by atoms with E-state index < -0.39 is 0 Å². The molecule has 172 valence electrons. The zero-order chi connectivity index (χ0) is 23.4. The molecule has 0 radical (unpaired) electrons. The van der Waals surface area contributed by atoms with Gasteiger partial charge in [-0.05, 0) is 46.1 Å². The van der Waals surface area contributed by atoms with Crippen LogP contribution >= 0.6 is 0 Å². The van der Waals surface area contributed by atoms with Crippen LogP contribution in [0, 0.1) is 13.8 Å². The summed E-state index contributed by atoms with van der Waals surface area (Å²) in [5.41, 5.74) is 2.91. The first-order chi connectivity index (χ1) is 15.1. The maximum atomic E-state index is 13.0. The smallest absolute Gasteiger partial charge is 0.254 e. The van der Waals surface area contributed by atoms with Crippen molar-refractivity contribution in [2.24, 2.45) is 0 Å². The predicted molar refractivity (Wildman–Crippen MR) is 124 cm³/mol. The molecule has 0 unspecified atom stereocenters. The molecule has 2 heterocycles. The summed E-state index contributed by atoms with van der Waals surface area (Å²) in [6, 6.07) is 8.50. The number of nitrogens with zero attached hydrogens (tertiary/aromatic N) is 2. The third-order valence-corrected chi connectivity index (χ3v) is 6.14. The summed E-state index contributed by atoms with van der Waals surface area (Å²) in [7, 11) is 1.58. The molecule has 2 aromatic rings. The van der Waals surface area contributed by atoms with Crippen LogP contribution in [-0.4, -0.2) is 47.6 Å². The highest BCUT2D eigenvalue weighted by atomic mass is 16.5. The highest BCUT2D eigenvalue weighted by Crippen LogP contribution is 2.44. The molecule has 1 aromatic heterocycles. The van der Waals surface area contributed by atoms with E-state index in [0.717, 1.165) is 12.8 Å². The van der Waals surface area contributed by atoms with Crippen LogP contribution in [0.5, 0.6) is 0 Å². The average Bonchev–Trinajstić information content (AvgIpc) is 2.73. The van der Waals surface area contributed by atoms with Gasteiger partial charge in [-0.3, -0.25) is 9.59 Å². The minimum atomic E-state index is -0.287. The number of aryl methyl sites for hydroxylation is 2. The van der Waals surface area contributed by atoms with Gasteiger partial charge in [-0.15, -0.1) is 0 Å². The SMILES string of the molecule is CNC(=O)c1cnc(C)nc1CCNC(=O)C[C@]1(c2ccc(C)cc2)CCOC(C)(C)C1. The lowest BCUT2D eigenvalue weighted by atomic mass is 9.67. The van der Waals surface area contributed by atoms with Crippen molar-refractivity contribution in [2.45, 2.75) is 64.4 Å². The molecule has 3 rings (SSSR count). The van der Waals surface area contributed by atoms with Gasteiger partial charge in [-0.25, -0.2) is 9.97 Å². The van der Waals surface area contributed by atoms with Gasteiger partial charge in [0.05, 0.1) is 16.9 Å². The van der Waals surface area contributed by atoms with Gasteiger partial charge in [0.25, 0.3) is 5.91 Å². The lowest BCUT2D eigenvalue weighted by Crippen LogP contribution is -2.46. The fourth-order valence-electron chi connectivity index (χ4n) is 4.61. The van der Waals surface area contributed by atoms with Crippen molar-refractivity contribution in [3.63, 3.8) is 0 Å². The maximum Gasteiger partial charge on any atom is 0.254 e. The molecule has 0 saturated carbocycles. The van der Waals surface area contributed by atoms with Gasteiger partial charge < -0.3 is 15.4 Å². The Kier molecular flexibility index (Phi) is 7.29. The van der Waals surface area contributed by atoms with E-state index in [1.54, 1.807) is 14.0 Å². The molecule has 32 heavy (non-hydrogen) atoms. The lowest BCUT2D eigenvalue weighted by Gasteiger charge is -2.45. The summed E-state index contributed by atoms with van der Waals surface area (Å²) in [6.07, 6.45) is 3.98. The summed E-state index contributed by atoms with van der Waals surface area (Å²) in [6.45, 7) is 9.06. The van der Waals surface area contributed by atoms with Crippen molar-refractivity contribution in [1.82, 2.24) is 20.6 Å². The van der Waals surface area contributed by atoms with Crippen molar-refractivity contribution in [3.8, 4) is 0 Å². The molecule has 2 N–H and O–H groups in total. The molecular formula is C25H34N4O3. The predicted octanol–water partition coefficient (Wildman–Crippen LogP) is 3.03. The number of aromatic nitrogens is 2. The van der Waals surface area contributed by atoms with E-state index in [1.165, 1.54) is 17.3 Å². The van der Waals surface area contributed by atoms with Gasteiger partial charge in [0.2, 0.25) is 5.91 Å². The normalized spacial score (nSPS) is 19.9. The summed E-state index contributed by atoms with van der Waals surface area (Å²) >= 11 is 0. The van der Waals surface area contributed by atoms with Crippen LogP contribution in [-0.2, 0) is 21.4 Å². The molecule has 1 saturated heterocycles. The third-order valence-electron chi connectivity index (χ3n) is 6.14. The molecule has 7 heteroatoms. The fourth-order valence-corrected chi connectivity index (χ4v) is 4.61. The van der Waals surface area contributed by atoms with E-state index in [0.29, 0.717) is 43.1 Å². The molecule has 1 aliphatic rings. The van der Waals surface area contributed by atoms with Crippen molar-refractivity contribution in [1.29, 1.82) is 0 Å². The second kappa shape index (κ2) is 9.77. The fraction of sp³-hybridized carbons (Fsp3) is 0.520. The Morgan fingerprint density at radius 2 is 1.88 bits per heavy atom. The molecular weight excluding hydrogens is 404 g/mol. The van der Waals surface area contributed by atoms with Crippen molar-refractivity contribution >= 4 is 11.8 Å². The summed E-state index contributed by atoms with van der Waals surface area (Å²) in [4.78, 5) is 33.7. The highest BCUT2D eigenvalue weighted by Gasteiger charge is 2.43. The van der Waals surface area contributed by atoms with E-state index in [4.69, 9.17) is 4.74 Å². The largest absolute Gasteiger partial charge is 0.376 e. The topological polar surface area (TPSA) is 93.2 Å². The van der Waals surface area contributed by atoms with Crippen LogP contribution in [0.25, 0.3) is 0 Å². The minimum absolute atomic E-state index is 0.00412. The average molecular weight is 439 g/mol. The Labute approximate surface area is 190 Å². The Morgan fingerprint density at radius 3 is 2.53 bits per heavy atom. The monoisotopic (exact) mass is 438 g/mol. The van der Waals surface area contributed by atoms with E-state index in [1.807, 2.05) is 0 Å². The van der Waals surface area contributed by atoms with Gasteiger partial charge in [-0.2, -0.15) is 0 Å². The van der Waals surface area contributed by atoms with Gasteiger partial charge in [0.15, 0.2) is 0 Å². The first kappa shape index (κ1) is 23.9. The van der Waals surface area contributed by atoms with Crippen LogP contribution < -0.4 is 10.6 Å². The number of carbonyl (C=O) groups excluding carboxylic acids is 2. The van der Waals surface area contributed by atoms with Gasteiger partial charge >= 0.3 is 0 Å². The second-order valence-corrected chi connectivity index (χ2v) is 9.31. The van der Waals surface area contributed by atoms with Crippen LogP contribution in [0.1, 0.15) is 66.1 Å². The molecule has 0 aliphatic carbocycles. The third kappa shape index (κ3) is 5.71. The van der Waals surface area contributed by atoms with Gasteiger partial charge in [-0.1, -0.05) is 29.8 Å². The molecule has 1 aromatic carbocycles. The number of ether oxygens (including phenoxy) is 1. The zero-order valence-electron chi connectivity index (χ0n) is 19.7. The maximum absolute atomic E-state index is 13.0. The van der Waals surface area contributed by atoms with Crippen LogP contribution in [0.3, 0.4) is 0 Å². The second-order valence-electron chi connectivity index (χ2n) is 9.31. The Hall–Kier alpha value is -2.80. The number of hydrogen-bond donors (Lipinski definition) is 2. The number of carbonyl (C=O) groups is 2. The van der Waals surface area contributed by atoms with E-state index >= 15 is 0 Å². The first-order valence-electron chi connectivity index (χ1n) is 11.2. The van der Waals surface area contributed by atoms with E-state index in [-0.39, 0.29) is 22.8 Å². The first-order valence-corrected chi connectivity index (χ1v) is 11.2. The quantitative estimate of drug-likeness (QED) is 0.693. The minimum Gasteiger partial charge on any atom is -0.376 e. The number of rotatable bonds is 7. The van der Waals surface area contributed by atoms with Crippen LogP contribution in [0.4, 0.5) is 0 Å². The molecule has 2 amide bonds. The highest BCUT2D eigenvalue weighted by molar-refractivity contribution is 5.94. The van der Waals surface area contributed by atoms with Gasteiger partial charge in [0, 0.05) is 44.7 Å². The lowest BCUT2D eigenvalue weighted by molar-refractivity contribution is -0.126. The number of benzene rings is 1. The summed E-state index contributed by atoms with van der Waals surface area (Å²) in [5.74, 6) is 0.367. The zero-order valence-corrected chi connectivity index (χ0v) is 19.7. The summed E-state index contributed by atoms with van der Waals surface area (Å²) < 4.78 is 5.96. The Balaban J connectivity index is 1.71. The van der Waals surface area contributed by atoms with E-state index in [2.05, 4.69) is 65.6 Å².